The van der Waals surface area contributed by atoms with E-state index < -0.39 is 16.1 Å². The molecule has 0 aliphatic heterocycles. The summed E-state index contributed by atoms with van der Waals surface area (Å²) in [5.74, 6) is -0.338. The van der Waals surface area contributed by atoms with Crippen molar-refractivity contribution in [3.8, 4) is 0 Å². The lowest BCUT2D eigenvalue weighted by Crippen LogP contribution is -2.44. The van der Waals surface area contributed by atoms with Crippen molar-refractivity contribution in [3.63, 3.8) is 0 Å². The second-order valence-electron chi connectivity index (χ2n) is 4.41. The maximum Gasteiger partial charge on any atom is 0.239 e. The molecule has 2 unspecified atom stereocenters. The molecule has 7 nitrogen and oxygen atoms in total. The van der Waals surface area contributed by atoms with E-state index in [-0.39, 0.29) is 23.5 Å². The van der Waals surface area contributed by atoms with Gasteiger partial charge in [0.1, 0.15) is 6.04 Å². The number of nitrogens with two attached hydrogens (primary N) is 2. The van der Waals surface area contributed by atoms with Crippen molar-refractivity contribution in [1.82, 2.24) is 5.32 Å². The van der Waals surface area contributed by atoms with Crippen LogP contribution in [0.4, 0.5) is 0 Å². The zero-order chi connectivity index (χ0) is 15.3. The number of hydrogen-bond donors (Lipinski definition) is 3. The number of amides is 1. The largest absolute Gasteiger partial charge is 0.383 e. The molecule has 0 saturated carbocycles. The lowest BCUT2D eigenvalue weighted by atomic mass is 10.1. The molecule has 2 atom stereocenters. The van der Waals surface area contributed by atoms with Crippen LogP contribution in [0.15, 0.2) is 29.2 Å². The minimum atomic E-state index is -3.71. The van der Waals surface area contributed by atoms with Gasteiger partial charge in [-0.3, -0.25) is 4.79 Å². The van der Waals surface area contributed by atoms with Gasteiger partial charge in [-0.2, -0.15) is 0 Å². The SMILES string of the molecule is COCC(N)C(=O)NC(C)c1ccc(S(N)(=O)=O)cc1. The van der Waals surface area contributed by atoms with Gasteiger partial charge >= 0.3 is 0 Å². The molecule has 0 radical (unpaired) electrons. The molecule has 112 valence electrons. The highest BCUT2D eigenvalue weighted by Gasteiger charge is 2.17. The number of carbonyl (C=O) groups is 1. The van der Waals surface area contributed by atoms with Gasteiger partial charge in [0.15, 0.2) is 0 Å². The Balaban J connectivity index is 2.73. The van der Waals surface area contributed by atoms with Gasteiger partial charge in [-0.05, 0) is 24.6 Å². The van der Waals surface area contributed by atoms with Gasteiger partial charge in [0.2, 0.25) is 15.9 Å². The number of ether oxygens (including phenoxy) is 1. The van der Waals surface area contributed by atoms with Crippen LogP contribution < -0.4 is 16.2 Å². The molecule has 0 aromatic heterocycles. The maximum atomic E-state index is 11.7. The van der Waals surface area contributed by atoms with Crippen molar-refractivity contribution in [2.75, 3.05) is 13.7 Å². The van der Waals surface area contributed by atoms with Crippen LogP contribution in [0.25, 0.3) is 0 Å². The summed E-state index contributed by atoms with van der Waals surface area (Å²) in [4.78, 5) is 11.7. The molecular weight excluding hydrogens is 282 g/mol. The molecule has 1 aromatic carbocycles. The number of methoxy groups -OCH3 is 1. The molecule has 0 aliphatic carbocycles. The zero-order valence-corrected chi connectivity index (χ0v) is 12.2. The number of carbonyl (C=O) groups excluding carboxylic acids is 1. The van der Waals surface area contributed by atoms with Gasteiger partial charge < -0.3 is 15.8 Å². The van der Waals surface area contributed by atoms with E-state index in [9.17, 15) is 13.2 Å². The number of nitrogens with one attached hydrogen (secondary N) is 1. The van der Waals surface area contributed by atoms with Gasteiger partial charge in [0.05, 0.1) is 17.5 Å². The Bertz CT molecular complexity index is 557. The summed E-state index contributed by atoms with van der Waals surface area (Å²) in [5, 5.41) is 7.72. The second kappa shape index (κ2) is 6.80. The van der Waals surface area contributed by atoms with Crippen molar-refractivity contribution in [1.29, 1.82) is 0 Å². The van der Waals surface area contributed by atoms with Gasteiger partial charge in [-0.15, -0.1) is 0 Å². The minimum absolute atomic E-state index is 0.0239. The summed E-state index contributed by atoms with van der Waals surface area (Å²) in [6, 6.07) is 4.91. The monoisotopic (exact) mass is 301 g/mol. The fourth-order valence-electron chi connectivity index (χ4n) is 1.61. The molecule has 5 N–H and O–H groups in total. The molecule has 1 aromatic rings. The topological polar surface area (TPSA) is 125 Å². The Labute approximate surface area is 118 Å². The summed E-state index contributed by atoms with van der Waals surface area (Å²) in [6.07, 6.45) is 0. The first-order valence-electron chi connectivity index (χ1n) is 5.93. The highest BCUT2D eigenvalue weighted by molar-refractivity contribution is 7.89. The van der Waals surface area contributed by atoms with Crippen LogP contribution >= 0.6 is 0 Å². The van der Waals surface area contributed by atoms with Gasteiger partial charge in [-0.25, -0.2) is 13.6 Å². The van der Waals surface area contributed by atoms with Gasteiger partial charge in [0, 0.05) is 7.11 Å². The van der Waals surface area contributed by atoms with Crippen LogP contribution in [-0.4, -0.2) is 34.1 Å². The summed E-state index contributed by atoms with van der Waals surface area (Å²) < 4.78 is 27.1. The first-order valence-corrected chi connectivity index (χ1v) is 7.48. The number of hydrogen-bond acceptors (Lipinski definition) is 5. The van der Waals surface area contributed by atoms with E-state index in [1.54, 1.807) is 19.1 Å². The molecule has 0 heterocycles. The minimum Gasteiger partial charge on any atom is -0.383 e. The van der Waals surface area contributed by atoms with Crippen LogP contribution in [0, 0.1) is 0 Å². The van der Waals surface area contributed by atoms with E-state index in [2.05, 4.69) is 5.32 Å². The fraction of sp³-hybridized carbons (Fsp3) is 0.417. The smallest absolute Gasteiger partial charge is 0.239 e. The molecule has 0 spiro atoms. The number of rotatable bonds is 6. The van der Waals surface area contributed by atoms with Gasteiger partial charge in [-0.1, -0.05) is 12.1 Å². The van der Waals surface area contributed by atoms with Crippen molar-refractivity contribution in [2.24, 2.45) is 10.9 Å². The summed E-state index contributed by atoms with van der Waals surface area (Å²) in [5.41, 5.74) is 6.35. The normalized spacial score (nSPS) is 14.6. The first kappa shape index (κ1) is 16.6. The Kier molecular flexibility index (Phi) is 5.63. The average molecular weight is 301 g/mol. The van der Waals surface area contributed by atoms with E-state index in [1.807, 2.05) is 0 Å². The molecule has 0 aliphatic rings. The van der Waals surface area contributed by atoms with Crippen molar-refractivity contribution < 1.29 is 17.9 Å². The molecule has 1 rings (SSSR count). The maximum absolute atomic E-state index is 11.7. The highest BCUT2D eigenvalue weighted by Crippen LogP contribution is 2.15. The van der Waals surface area contributed by atoms with Crippen LogP contribution in [0.2, 0.25) is 0 Å². The van der Waals surface area contributed by atoms with Crippen molar-refractivity contribution in [3.05, 3.63) is 29.8 Å². The van der Waals surface area contributed by atoms with Crippen LogP contribution in [0.5, 0.6) is 0 Å². The van der Waals surface area contributed by atoms with Crippen molar-refractivity contribution in [2.45, 2.75) is 23.9 Å². The van der Waals surface area contributed by atoms with E-state index in [1.165, 1.54) is 19.2 Å². The van der Waals surface area contributed by atoms with Crippen LogP contribution in [-0.2, 0) is 19.6 Å². The lowest BCUT2D eigenvalue weighted by molar-refractivity contribution is -0.124. The summed E-state index contributed by atoms with van der Waals surface area (Å²) >= 11 is 0. The Morgan fingerprint density at radius 3 is 2.35 bits per heavy atom. The third-order valence-corrected chi connectivity index (χ3v) is 3.68. The predicted octanol–water partition coefficient (Wildman–Crippen LogP) is -0.515. The number of benzene rings is 1. The molecule has 0 bridgehead atoms. The molecule has 20 heavy (non-hydrogen) atoms. The summed E-state index contributed by atoms with van der Waals surface area (Å²) in [6.45, 7) is 1.90. The van der Waals surface area contributed by atoms with E-state index in [0.717, 1.165) is 5.56 Å². The Hall–Kier alpha value is -1.48. The fourth-order valence-corrected chi connectivity index (χ4v) is 2.12. The average Bonchev–Trinajstić information content (AvgIpc) is 2.38. The standard InChI is InChI=1S/C12H19N3O4S/c1-8(15-12(16)11(13)7-19-2)9-3-5-10(6-4-9)20(14,17)18/h3-6,8,11H,7,13H2,1-2H3,(H,15,16)(H2,14,17,18). The van der Waals surface area contributed by atoms with Gasteiger partial charge in [0.25, 0.3) is 0 Å². The van der Waals surface area contributed by atoms with E-state index >= 15 is 0 Å². The lowest BCUT2D eigenvalue weighted by Gasteiger charge is -2.17. The number of primary sulfonamides is 1. The molecule has 0 fully saturated rings. The first-order chi connectivity index (χ1) is 9.25. The second-order valence-corrected chi connectivity index (χ2v) is 5.97. The Morgan fingerprint density at radius 1 is 1.35 bits per heavy atom. The number of sulfonamides is 1. The third-order valence-electron chi connectivity index (χ3n) is 2.75. The molecule has 1 amide bonds. The van der Waals surface area contributed by atoms with Crippen molar-refractivity contribution >= 4 is 15.9 Å². The highest BCUT2D eigenvalue weighted by atomic mass is 32.2. The quantitative estimate of drug-likeness (QED) is 0.652. The predicted molar refractivity (Wildman–Crippen MR) is 74.2 cm³/mol. The molecule has 8 heteroatoms. The molecular formula is C12H19N3O4S. The van der Waals surface area contributed by atoms with Crippen LogP contribution in [0.3, 0.4) is 0 Å². The van der Waals surface area contributed by atoms with Crippen LogP contribution in [0.1, 0.15) is 18.5 Å². The zero-order valence-electron chi connectivity index (χ0n) is 11.4. The molecule has 0 saturated heterocycles. The summed E-state index contributed by atoms with van der Waals surface area (Å²) in [7, 11) is -2.25. The van der Waals surface area contributed by atoms with E-state index in [0.29, 0.717) is 0 Å². The third kappa shape index (κ3) is 4.57. The van der Waals surface area contributed by atoms with E-state index in [4.69, 9.17) is 15.6 Å². The Morgan fingerprint density at radius 2 is 1.90 bits per heavy atom.